The lowest BCUT2D eigenvalue weighted by molar-refractivity contribution is 0.661. The molecule has 0 aliphatic carbocycles. The second-order valence-corrected chi connectivity index (χ2v) is 5.44. The maximum atomic E-state index is 2.34. The van der Waals surface area contributed by atoms with Crippen molar-refractivity contribution in [1.82, 2.24) is 0 Å². The van der Waals surface area contributed by atoms with E-state index in [1.54, 1.807) is 0 Å². The van der Waals surface area contributed by atoms with Gasteiger partial charge in [0.15, 0.2) is 0 Å². The van der Waals surface area contributed by atoms with Gasteiger partial charge < -0.3 is 0 Å². The standard InChI is InChI=1S/C13H16S/c1-10(2)13-12(14-13)9-8-11-6-4-3-5-7-11/h3-10,12-13H,1-2H3/b9-8+/t12-,13-/m0/s1. The molecule has 0 radical (unpaired) electrons. The van der Waals surface area contributed by atoms with Gasteiger partial charge in [0.05, 0.1) is 0 Å². The molecule has 14 heavy (non-hydrogen) atoms. The Balaban J connectivity index is 1.91. The Bertz CT molecular complexity index is 313. The quantitative estimate of drug-likeness (QED) is 0.674. The molecule has 0 amide bonds. The van der Waals surface area contributed by atoms with E-state index in [1.165, 1.54) is 5.56 Å². The molecule has 0 bridgehead atoms. The highest BCUT2D eigenvalue weighted by molar-refractivity contribution is 8.07. The third-order valence-electron chi connectivity index (χ3n) is 2.50. The fraction of sp³-hybridized carbons (Fsp3) is 0.385. The van der Waals surface area contributed by atoms with E-state index in [-0.39, 0.29) is 0 Å². The second-order valence-electron chi connectivity index (χ2n) is 4.08. The Hall–Kier alpha value is -0.690. The third kappa shape index (κ3) is 2.42. The van der Waals surface area contributed by atoms with Crippen LogP contribution in [-0.2, 0) is 0 Å². The predicted molar refractivity (Wildman–Crippen MR) is 65.5 cm³/mol. The minimum Gasteiger partial charge on any atom is -0.148 e. The normalized spacial score (nSPS) is 25.9. The van der Waals surface area contributed by atoms with Crippen molar-refractivity contribution >= 4 is 17.8 Å². The van der Waals surface area contributed by atoms with Crippen molar-refractivity contribution in [3.63, 3.8) is 0 Å². The van der Waals surface area contributed by atoms with Gasteiger partial charge in [-0.3, -0.25) is 0 Å². The van der Waals surface area contributed by atoms with Gasteiger partial charge in [0, 0.05) is 10.5 Å². The molecule has 0 spiro atoms. The summed E-state index contributed by atoms with van der Waals surface area (Å²) in [6.07, 6.45) is 4.57. The van der Waals surface area contributed by atoms with Crippen LogP contribution in [0, 0.1) is 5.92 Å². The molecule has 1 saturated heterocycles. The zero-order valence-corrected chi connectivity index (χ0v) is 9.50. The maximum Gasteiger partial charge on any atom is 0.0355 e. The summed E-state index contributed by atoms with van der Waals surface area (Å²) in [7, 11) is 0. The molecule has 0 saturated carbocycles. The minimum atomic E-state index is 0.759. The van der Waals surface area contributed by atoms with Crippen LogP contribution in [0.1, 0.15) is 19.4 Å². The van der Waals surface area contributed by atoms with Gasteiger partial charge in [-0.05, 0) is 11.5 Å². The van der Waals surface area contributed by atoms with Crippen LogP contribution in [0.15, 0.2) is 36.4 Å². The summed E-state index contributed by atoms with van der Waals surface area (Å²) in [5.41, 5.74) is 1.31. The van der Waals surface area contributed by atoms with E-state index in [0.29, 0.717) is 0 Å². The van der Waals surface area contributed by atoms with Gasteiger partial charge in [0.2, 0.25) is 0 Å². The number of hydrogen-bond donors (Lipinski definition) is 0. The summed E-state index contributed by atoms with van der Waals surface area (Å²) < 4.78 is 0. The molecule has 74 valence electrons. The van der Waals surface area contributed by atoms with Crippen LogP contribution in [0.25, 0.3) is 6.08 Å². The van der Waals surface area contributed by atoms with Crippen molar-refractivity contribution in [2.45, 2.75) is 24.3 Å². The average Bonchev–Trinajstić information content (AvgIpc) is 2.96. The van der Waals surface area contributed by atoms with Gasteiger partial charge in [-0.25, -0.2) is 0 Å². The maximum absolute atomic E-state index is 2.34. The summed E-state index contributed by atoms with van der Waals surface area (Å²) in [6.45, 7) is 4.60. The number of hydrogen-bond acceptors (Lipinski definition) is 1. The minimum absolute atomic E-state index is 0.759. The van der Waals surface area contributed by atoms with Gasteiger partial charge in [0.1, 0.15) is 0 Å². The monoisotopic (exact) mass is 204 g/mol. The summed E-state index contributed by atoms with van der Waals surface area (Å²) in [4.78, 5) is 0. The van der Waals surface area contributed by atoms with E-state index >= 15 is 0 Å². The Morgan fingerprint density at radius 2 is 1.93 bits per heavy atom. The van der Waals surface area contributed by atoms with E-state index in [2.05, 4.69) is 68.1 Å². The molecule has 0 unspecified atom stereocenters. The Morgan fingerprint density at radius 1 is 1.21 bits per heavy atom. The average molecular weight is 204 g/mol. The van der Waals surface area contributed by atoms with Crippen molar-refractivity contribution in [3.8, 4) is 0 Å². The molecule has 0 N–H and O–H groups in total. The first-order valence-electron chi connectivity index (χ1n) is 5.16. The fourth-order valence-corrected chi connectivity index (χ4v) is 2.76. The predicted octanol–water partition coefficient (Wildman–Crippen LogP) is 3.84. The van der Waals surface area contributed by atoms with Gasteiger partial charge >= 0.3 is 0 Å². The van der Waals surface area contributed by atoms with Crippen molar-refractivity contribution < 1.29 is 0 Å². The van der Waals surface area contributed by atoms with Crippen molar-refractivity contribution in [3.05, 3.63) is 42.0 Å². The SMILES string of the molecule is CC(C)[C@@H]1S[C@H]1/C=C/c1ccccc1. The molecule has 1 aliphatic heterocycles. The van der Waals surface area contributed by atoms with E-state index in [1.807, 2.05) is 0 Å². The molecule has 2 rings (SSSR count). The first-order valence-corrected chi connectivity index (χ1v) is 6.10. The molecular formula is C13H16S. The van der Waals surface area contributed by atoms with Gasteiger partial charge in [-0.2, -0.15) is 0 Å². The molecule has 1 heterocycles. The van der Waals surface area contributed by atoms with E-state index in [9.17, 15) is 0 Å². The van der Waals surface area contributed by atoms with E-state index in [4.69, 9.17) is 0 Å². The van der Waals surface area contributed by atoms with Gasteiger partial charge in [0.25, 0.3) is 0 Å². The zero-order valence-electron chi connectivity index (χ0n) is 8.68. The molecule has 0 nitrogen and oxygen atoms in total. The molecule has 1 aliphatic rings. The van der Waals surface area contributed by atoms with Crippen molar-refractivity contribution in [2.75, 3.05) is 0 Å². The lowest BCUT2D eigenvalue weighted by Gasteiger charge is -1.96. The number of thioether (sulfide) groups is 1. The summed E-state index contributed by atoms with van der Waals surface area (Å²) in [6, 6.07) is 10.5. The zero-order chi connectivity index (χ0) is 9.97. The van der Waals surface area contributed by atoms with Crippen LogP contribution in [0.4, 0.5) is 0 Å². The molecule has 1 fully saturated rings. The second kappa shape index (κ2) is 4.22. The first kappa shape index (κ1) is 9.85. The number of benzene rings is 1. The van der Waals surface area contributed by atoms with Crippen LogP contribution in [0.3, 0.4) is 0 Å². The molecule has 1 aromatic carbocycles. The van der Waals surface area contributed by atoms with Gasteiger partial charge in [-0.1, -0.05) is 56.3 Å². The van der Waals surface area contributed by atoms with Crippen molar-refractivity contribution in [1.29, 1.82) is 0 Å². The molecular weight excluding hydrogens is 188 g/mol. The van der Waals surface area contributed by atoms with Gasteiger partial charge in [-0.15, -0.1) is 11.8 Å². The van der Waals surface area contributed by atoms with Crippen LogP contribution < -0.4 is 0 Å². The first-order chi connectivity index (χ1) is 6.77. The molecule has 1 aromatic rings. The highest BCUT2D eigenvalue weighted by Gasteiger charge is 2.37. The highest BCUT2D eigenvalue weighted by Crippen LogP contribution is 2.47. The summed E-state index contributed by atoms with van der Waals surface area (Å²) in [5, 5.41) is 1.62. The van der Waals surface area contributed by atoms with Crippen LogP contribution in [0.5, 0.6) is 0 Å². The number of rotatable bonds is 3. The molecule has 0 aromatic heterocycles. The fourth-order valence-electron chi connectivity index (χ4n) is 1.60. The lowest BCUT2D eigenvalue weighted by Crippen LogP contribution is -1.99. The molecule has 1 heteroatoms. The largest absolute Gasteiger partial charge is 0.148 e. The van der Waals surface area contributed by atoms with Crippen LogP contribution in [0.2, 0.25) is 0 Å². The van der Waals surface area contributed by atoms with Crippen LogP contribution in [-0.4, -0.2) is 10.5 Å². The molecule has 2 atom stereocenters. The topological polar surface area (TPSA) is 0 Å². The Kier molecular flexibility index (Phi) is 2.97. The van der Waals surface area contributed by atoms with E-state index in [0.717, 1.165) is 16.4 Å². The smallest absolute Gasteiger partial charge is 0.0355 e. The van der Waals surface area contributed by atoms with E-state index < -0.39 is 0 Å². The Morgan fingerprint density at radius 3 is 2.50 bits per heavy atom. The Labute approximate surface area is 90.4 Å². The van der Waals surface area contributed by atoms with Crippen LogP contribution >= 0.6 is 11.8 Å². The summed E-state index contributed by atoms with van der Waals surface area (Å²) in [5.74, 6) is 0.811. The third-order valence-corrected chi connectivity index (χ3v) is 4.10. The van der Waals surface area contributed by atoms with Crippen molar-refractivity contribution in [2.24, 2.45) is 5.92 Å². The highest BCUT2D eigenvalue weighted by atomic mass is 32.2. The summed E-state index contributed by atoms with van der Waals surface area (Å²) >= 11 is 2.08. The lowest BCUT2D eigenvalue weighted by atomic mass is 10.1.